The van der Waals surface area contributed by atoms with E-state index in [4.69, 9.17) is 4.74 Å². The third kappa shape index (κ3) is 1.41. The van der Waals surface area contributed by atoms with Gasteiger partial charge in [-0.2, -0.15) is 0 Å². The largest absolute Gasteiger partial charge is 0.518 e. The molecule has 3 heterocycles. The number of cyclic esters (lactones) is 3. The van der Waals surface area contributed by atoms with Crippen molar-refractivity contribution in [3.63, 3.8) is 0 Å². The molecule has 0 aromatic carbocycles. The highest BCUT2D eigenvalue weighted by Crippen LogP contribution is 2.43. The Balaban J connectivity index is 2.22. The topological polar surface area (TPSA) is 52.6 Å². The predicted octanol–water partition coefficient (Wildman–Crippen LogP) is 2.75. The highest BCUT2D eigenvalue weighted by molar-refractivity contribution is 7.12. The van der Waals surface area contributed by atoms with E-state index in [1.807, 2.05) is 10.8 Å². The lowest BCUT2D eigenvalue weighted by molar-refractivity contribution is -0.141. The van der Waals surface area contributed by atoms with Crippen LogP contribution in [0.3, 0.4) is 0 Å². The minimum Gasteiger partial charge on any atom is -0.403 e. The normalized spacial score (nSPS) is 17.9. The average molecular weight is 266 g/mol. The Morgan fingerprint density at radius 3 is 1.94 bits per heavy atom. The number of esters is 1. The molecule has 1 fully saturated rings. The molecule has 4 nitrogen and oxygen atoms in total. The van der Waals surface area contributed by atoms with Gasteiger partial charge in [-0.25, -0.2) is 9.59 Å². The first-order valence-electron chi connectivity index (χ1n) is 4.77. The molecule has 2 aromatic rings. The van der Waals surface area contributed by atoms with E-state index >= 15 is 0 Å². The van der Waals surface area contributed by atoms with Crippen LogP contribution in [0.1, 0.15) is 9.75 Å². The first-order chi connectivity index (χ1) is 8.23. The molecule has 2 aromatic heterocycles. The molecule has 6 heteroatoms. The molecule has 0 unspecified atom stereocenters. The molecule has 0 bridgehead atoms. The van der Waals surface area contributed by atoms with Crippen molar-refractivity contribution in [3.05, 3.63) is 44.8 Å². The highest BCUT2D eigenvalue weighted by Gasteiger charge is 2.56. The van der Waals surface area contributed by atoms with E-state index < -0.39 is 17.7 Å². The molecule has 1 aliphatic rings. The molecule has 0 spiro atoms. The van der Waals surface area contributed by atoms with Crippen LogP contribution in [0.25, 0.3) is 0 Å². The van der Waals surface area contributed by atoms with Crippen molar-refractivity contribution in [2.24, 2.45) is 0 Å². The van der Waals surface area contributed by atoms with E-state index in [2.05, 4.69) is 4.74 Å². The number of ether oxygens (including phenoxy) is 2. The highest BCUT2D eigenvalue weighted by atomic mass is 32.1. The summed E-state index contributed by atoms with van der Waals surface area (Å²) in [6, 6.07) is 7.11. The van der Waals surface area contributed by atoms with Crippen molar-refractivity contribution in [2.75, 3.05) is 0 Å². The van der Waals surface area contributed by atoms with Gasteiger partial charge in [0.1, 0.15) is 0 Å². The monoisotopic (exact) mass is 266 g/mol. The lowest BCUT2D eigenvalue weighted by atomic mass is 10.0. The molecule has 0 saturated carbocycles. The van der Waals surface area contributed by atoms with Crippen LogP contribution in [0, 0.1) is 0 Å². The molecule has 0 amide bonds. The van der Waals surface area contributed by atoms with Crippen molar-refractivity contribution in [3.8, 4) is 0 Å². The Hall–Kier alpha value is -1.66. The lowest BCUT2D eigenvalue weighted by Crippen LogP contribution is -2.32. The molecular weight excluding hydrogens is 260 g/mol. The molecule has 0 radical (unpaired) electrons. The Bertz CT molecular complexity index is 522. The number of rotatable bonds is 2. The SMILES string of the molecule is O=C1OC(=O)C(c2cccs2)(c2cccs2)O1. The van der Waals surface area contributed by atoms with Gasteiger partial charge in [0.05, 0.1) is 9.75 Å². The van der Waals surface area contributed by atoms with Gasteiger partial charge in [0.15, 0.2) is 0 Å². The van der Waals surface area contributed by atoms with E-state index in [0.717, 1.165) is 0 Å². The van der Waals surface area contributed by atoms with E-state index in [0.29, 0.717) is 9.75 Å². The van der Waals surface area contributed by atoms with Gasteiger partial charge < -0.3 is 9.47 Å². The molecule has 0 N–H and O–H groups in total. The van der Waals surface area contributed by atoms with Crippen LogP contribution in [0.5, 0.6) is 0 Å². The van der Waals surface area contributed by atoms with Gasteiger partial charge in [0, 0.05) is 0 Å². The summed E-state index contributed by atoms with van der Waals surface area (Å²) < 4.78 is 9.70. The van der Waals surface area contributed by atoms with E-state index in [-0.39, 0.29) is 0 Å². The quantitative estimate of drug-likeness (QED) is 0.619. The third-order valence-electron chi connectivity index (χ3n) is 2.44. The smallest absolute Gasteiger partial charge is 0.403 e. The van der Waals surface area contributed by atoms with Crippen molar-refractivity contribution >= 4 is 34.8 Å². The van der Waals surface area contributed by atoms with Crippen LogP contribution in [-0.2, 0) is 19.9 Å². The maximum atomic E-state index is 11.9. The summed E-state index contributed by atoms with van der Waals surface area (Å²) in [5.41, 5.74) is -1.40. The first kappa shape index (κ1) is 10.5. The van der Waals surface area contributed by atoms with Crippen LogP contribution in [0.4, 0.5) is 4.79 Å². The van der Waals surface area contributed by atoms with Gasteiger partial charge >= 0.3 is 12.1 Å². The summed E-state index contributed by atoms with van der Waals surface area (Å²) in [7, 11) is 0. The molecule has 17 heavy (non-hydrogen) atoms. The van der Waals surface area contributed by atoms with Gasteiger partial charge in [0.25, 0.3) is 5.60 Å². The summed E-state index contributed by atoms with van der Waals surface area (Å²) in [5, 5.41) is 3.65. The van der Waals surface area contributed by atoms with Crippen LogP contribution in [0.2, 0.25) is 0 Å². The predicted molar refractivity (Wildman–Crippen MR) is 62.0 cm³/mol. The van der Waals surface area contributed by atoms with Gasteiger partial charge in [-0.3, -0.25) is 0 Å². The van der Waals surface area contributed by atoms with Crippen molar-refractivity contribution in [1.29, 1.82) is 0 Å². The van der Waals surface area contributed by atoms with Crippen LogP contribution in [0.15, 0.2) is 35.0 Å². The number of hydrogen-bond donors (Lipinski definition) is 0. The van der Waals surface area contributed by atoms with E-state index in [9.17, 15) is 9.59 Å². The van der Waals surface area contributed by atoms with Crippen LogP contribution >= 0.6 is 22.7 Å². The Labute approximate surface area is 104 Å². The summed E-state index contributed by atoms with van der Waals surface area (Å²) in [6.07, 6.45) is -0.947. The number of carbonyl (C=O) groups is 2. The lowest BCUT2D eigenvalue weighted by Gasteiger charge is -2.19. The second-order valence-corrected chi connectivity index (χ2v) is 5.27. The van der Waals surface area contributed by atoms with E-state index in [1.165, 1.54) is 22.7 Å². The molecule has 86 valence electrons. The minimum atomic E-state index is -1.40. The summed E-state index contributed by atoms with van der Waals surface area (Å²) in [4.78, 5) is 24.4. The summed E-state index contributed by atoms with van der Waals surface area (Å²) in [5.74, 6) is -0.674. The number of hydrogen-bond acceptors (Lipinski definition) is 6. The molecule has 0 aliphatic carbocycles. The maximum absolute atomic E-state index is 11.9. The Morgan fingerprint density at radius 1 is 1.00 bits per heavy atom. The second-order valence-electron chi connectivity index (χ2n) is 3.38. The minimum absolute atomic E-state index is 0.649. The fraction of sp³-hybridized carbons (Fsp3) is 0.0909. The first-order valence-corrected chi connectivity index (χ1v) is 6.52. The zero-order valence-corrected chi connectivity index (χ0v) is 10.0. The van der Waals surface area contributed by atoms with Gasteiger partial charge in [0.2, 0.25) is 0 Å². The van der Waals surface area contributed by atoms with Gasteiger partial charge in [-0.05, 0) is 22.9 Å². The summed E-state index contributed by atoms with van der Waals surface area (Å²) >= 11 is 2.70. The fourth-order valence-electron chi connectivity index (χ4n) is 1.72. The van der Waals surface area contributed by atoms with Crippen LogP contribution < -0.4 is 0 Å². The number of thiophene rings is 2. The summed E-state index contributed by atoms with van der Waals surface area (Å²) in [6.45, 7) is 0. The van der Waals surface area contributed by atoms with Crippen molar-refractivity contribution in [1.82, 2.24) is 0 Å². The molecule has 3 rings (SSSR count). The molecule has 1 saturated heterocycles. The van der Waals surface area contributed by atoms with Gasteiger partial charge in [-0.1, -0.05) is 12.1 Å². The average Bonchev–Trinajstić information content (AvgIpc) is 2.98. The Kier molecular flexibility index (Phi) is 2.27. The zero-order chi connectivity index (χ0) is 11.9. The third-order valence-corrected chi connectivity index (χ3v) is 4.38. The van der Waals surface area contributed by atoms with Crippen molar-refractivity contribution in [2.45, 2.75) is 5.60 Å². The fourth-order valence-corrected chi connectivity index (χ4v) is 3.50. The molecule has 1 aliphatic heterocycles. The zero-order valence-electron chi connectivity index (χ0n) is 8.41. The second kappa shape index (κ2) is 3.68. The van der Waals surface area contributed by atoms with Crippen molar-refractivity contribution < 1.29 is 19.1 Å². The molecule has 0 atom stereocenters. The molecular formula is C11H6O4S2. The maximum Gasteiger partial charge on any atom is 0.518 e. The standard InChI is InChI=1S/C11H6O4S2/c12-9-11(15-10(13)14-9,7-3-1-5-16-7)8-4-2-6-17-8/h1-6H. The van der Waals surface area contributed by atoms with Crippen LogP contribution in [-0.4, -0.2) is 12.1 Å². The number of carbonyl (C=O) groups excluding carboxylic acids is 2. The Morgan fingerprint density at radius 2 is 1.59 bits per heavy atom. The van der Waals surface area contributed by atoms with Gasteiger partial charge in [-0.15, -0.1) is 22.7 Å². The van der Waals surface area contributed by atoms with E-state index in [1.54, 1.807) is 24.3 Å².